The molecule has 2 aliphatic rings. The van der Waals surface area contributed by atoms with Gasteiger partial charge in [-0.05, 0) is 44.9 Å². The van der Waals surface area contributed by atoms with Crippen molar-refractivity contribution < 1.29 is 9.59 Å². The van der Waals surface area contributed by atoms with Crippen LogP contribution in [0.4, 0.5) is 0 Å². The number of unbranched alkanes of at least 4 members (excludes halogenated alkanes) is 2. The van der Waals surface area contributed by atoms with Crippen molar-refractivity contribution in [2.75, 3.05) is 13.1 Å². The first-order chi connectivity index (χ1) is 12.2. The third-order valence-electron chi connectivity index (χ3n) is 5.18. The number of rotatable bonds is 7. The third kappa shape index (κ3) is 10.5. The SMILES string of the molecule is CCCCC(=O)N1CCCCC1.CCCCC(=O)NC1CCCCC1. The first kappa shape index (κ1) is 22.0. The molecule has 1 aliphatic carbocycles. The fourth-order valence-electron chi connectivity index (χ4n) is 3.51. The Labute approximate surface area is 155 Å². The van der Waals surface area contributed by atoms with Gasteiger partial charge < -0.3 is 10.2 Å². The molecule has 25 heavy (non-hydrogen) atoms. The van der Waals surface area contributed by atoms with E-state index in [9.17, 15) is 9.59 Å². The smallest absolute Gasteiger partial charge is 0.222 e. The second-order valence-corrected chi connectivity index (χ2v) is 7.55. The molecule has 0 unspecified atom stereocenters. The van der Waals surface area contributed by atoms with E-state index in [1.807, 2.05) is 4.90 Å². The summed E-state index contributed by atoms with van der Waals surface area (Å²) >= 11 is 0. The molecule has 1 saturated carbocycles. The number of likely N-dealkylation sites (tertiary alicyclic amines) is 1. The van der Waals surface area contributed by atoms with Gasteiger partial charge in [-0.3, -0.25) is 9.59 Å². The molecule has 0 atom stereocenters. The average molecular weight is 353 g/mol. The van der Waals surface area contributed by atoms with Gasteiger partial charge in [-0.2, -0.15) is 0 Å². The maximum absolute atomic E-state index is 11.5. The monoisotopic (exact) mass is 352 g/mol. The topological polar surface area (TPSA) is 49.4 Å². The van der Waals surface area contributed by atoms with Gasteiger partial charge in [-0.15, -0.1) is 0 Å². The van der Waals surface area contributed by atoms with Gasteiger partial charge in [-0.25, -0.2) is 0 Å². The van der Waals surface area contributed by atoms with Crippen LogP contribution in [0.5, 0.6) is 0 Å². The lowest BCUT2D eigenvalue weighted by Gasteiger charge is -2.26. The Balaban J connectivity index is 0.000000251. The van der Waals surface area contributed by atoms with Crippen LogP contribution < -0.4 is 5.32 Å². The number of nitrogens with one attached hydrogen (secondary N) is 1. The van der Waals surface area contributed by atoms with Crippen molar-refractivity contribution in [3.8, 4) is 0 Å². The van der Waals surface area contributed by atoms with Crippen LogP contribution in [-0.2, 0) is 9.59 Å². The number of piperidine rings is 1. The highest BCUT2D eigenvalue weighted by Gasteiger charge is 2.15. The Bertz CT molecular complexity index is 359. The highest BCUT2D eigenvalue weighted by molar-refractivity contribution is 5.76. The minimum atomic E-state index is 0.258. The average Bonchev–Trinajstić information content (AvgIpc) is 2.66. The molecular formula is C21H40N2O2. The van der Waals surface area contributed by atoms with Crippen molar-refractivity contribution in [2.45, 2.75) is 110 Å². The molecule has 0 aromatic carbocycles. The van der Waals surface area contributed by atoms with Crippen molar-refractivity contribution in [1.82, 2.24) is 10.2 Å². The molecule has 0 radical (unpaired) electrons. The molecule has 2 fully saturated rings. The van der Waals surface area contributed by atoms with Crippen LogP contribution in [0, 0.1) is 0 Å². The van der Waals surface area contributed by atoms with Crippen LogP contribution in [0.1, 0.15) is 104 Å². The zero-order valence-corrected chi connectivity index (χ0v) is 16.7. The predicted molar refractivity (Wildman–Crippen MR) is 104 cm³/mol. The molecule has 4 nitrogen and oxygen atoms in total. The van der Waals surface area contributed by atoms with Crippen LogP contribution in [0.25, 0.3) is 0 Å². The summed E-state index contributed by atoms with van der Waals surface area (Å²) in [6, 6.07) is 0.484. The standard InChI is InChI=1S/C11H21NO.C10H19NO/c1-2-3-9-11(13)12-10-7-5-4-6-8-10;1-2-3-7-10(12)11-8-5-4-6-9-11/h10H,2-9H2,1H3,(H,12,13);2-9H2,1H3. The van der Waals surface area contributed by atoms with Crippen molar-refractivity contribution in [1.29, 1.82) is 0 Å². The molecule has 0 spiro atoms. The molecule has 1 aliphatic heterocycles. The Morgan fingerprint density at radius 3 is 2.00 bits per heavy atom. The summed E-state index contributed by atoms with van der Waals surface area (Å²) in [6.07, 6.45) is 15.8. The minimum Gasteiger partial charge on any atom is -0.353 e. The maximum Gasteiger partial charge on any atom is 0.222 e. The lowest BCUT2D eigenvalue weighted by atomic mass is 9.95. The van der Waals surface area contributed by atoms with Crippen molar-refractivity contribution in [2.24, 2.45) is 0 Å². The highest BCUT2D eigenvalue weighted by atomic mass is 16.2. The molecule has 1 heterocycles. The van der Waals surface area contributed by atoms with Gasteiger partial charge >= 0.3 is 0 Å². The summed E-state index contributed by atoms with van der Waals surface area (Å²) in [5, 5.41) is 3.11. The molecule has 4 heteroatoms. The molecular weight excluding hydrogens is 312 g/mol. The van der Waals surface area contributed by atoms with Crippen LogP contribution in [0.15, 0.2) is 0 Å². The molecule has 146 valence electrons. The van der Waals surface area contributed by atoms with Crippen LogP contribution >= 0.6 is 0 Å². The predicted octanol–water partition coefficient (Wildman–Crippen LogP) is 4.81. The van der Waals surface area contributed by atoms with Gasteiger partial charge in [0.1, 0.15) is 0 Å². The largest absolute Gasteiger partial charge is 0.353 e. The first-order valence-corrected chi connectivity index (χ1v) is 10.7. The van der Waals surface area contributed by atoms with Crippen LogP contribution in [0.3, 0.4) is 0 Å². The number of nitrogens with zero attached hydrogens (tertiary/aromatic N) is 1. The molecule has 0 aromatic heterocycles. The summed E-state index contributed by atoms with van der Waals surface area (Å²) in [6.45, 7) is 6.25. The van der Waals surface area contributed by atoms with E-state index in [1.165, 1.54) is 51.4 Å². The fourth-order valence-corrected chi connectivity index (χ4v) is 3.51. The quantitative estimate of drug-likeness (QED) is 0.714. The summed E-state index contributed by atoms with van der Waals surface area (Å²) in [4.78, 5) is 24.9. The van der Waals surface area contributed by atoms with E-state index >= 15 is 0 Å². The van der Waals surface area contributed by atoms with Crippen LogP contribution in [0.2, 0.25) is 0 Å². The Morgan fingerprint density at radius 2 is 1.40 bits per heavy atom. The van der Waals surface area contributed by atoms with Crippen molar-refractivity contribution >= 4 is 11.8 Å². The van der Waals surface area contributed by atoms with Crippen molar-refractivity contribution in [3.05, 3.63) is 0 Å². The van der Waals surface area contributed by atoms with Gasteiger partial charge in [0.2, 0.25) is 11.8 Å². The molecule has 0 bridgehead atoms. The summed E-state index contributed by atoms with van der Waals surface area (Å²) < 4.78 is 0. The first-order valence-electron chi connectivity index (χ1n) is 10.7. The summed E-state index contributed by atoms with van der Waals surface area (Å²) in [5.74, 6) is 0.630. The van der Waals surface area contributed by atoms with E-state index in [0.29, 0.717) is 18.4 Å². The van der Waals surface area contributed by atoms with E-state index in [1.54, 1.807) is 0 Å². The zero-order valence-electron chi connectivity index (χ0n) is 16.7. The lowest BCUT2D eigenvalue weighted by molar-refractivity contribution is -0.132. The molecule has 1 N–H and O–H groups in total. The normalized spacial score (nSPS) is 18.2. The lowest BCUT2D eigenvalue weighted by Crippen LogP contribution is -2.35. The van der Waals surface area contributed by atoms with Gasteiger partial charge in [0.05, 0.1) is 0 Å². The Hall–Kier alpha value is -1.06. The highest BCUT2D eigenvalue weighted by Crippen LogP contribution is 2.17. The fraction of sp³-hybridized carbons (Fsp3) is 0.905. The number of carbonyl (C=O) groups excluding carboxylic acids is 2. The van der Waals surface area contributed by atoms with Gasteiger partial charge in [0.25, 0.3) is 0 Å². The molecule has 2 rings (SSSR count). The Kier molecular flexibility index (Phi) is 12.4. The number of hydrogen-bond donors (Lipinski definition) is 1. The van der Waals surface area contributed by atoms with E-state index < -0.39 is 0 Å². The maximum atomic E-state index is 11.5. The van der Waals surface area contributed by atoms with Crippen LogP contribution in [-0.4, -0.2) is 35.8 Å². The third-order valence-corrected chi connectivity index (χ3v) is 5.18. The van der Waals surface area contributed by atoms with E-state index in [-0.39, 0.29) is 5.91 Å². The molecule has 1 saturated heterocycles. The van der Waals surface area contributed by atoms with E-state index in [0.717, 1.165) is 45.2 Å². The molecule has 0 aromatic rings. The van der Waals surface area contributed by atoms with Crippen molar-refractivity contribution in [3.63, 3.8) is 0 Å². The van der Waals surface area contributed by atoms with Gasteiger partial charge in [0.15, 0.2) is 0 Å². The number of carbonyl (C=O) groups is 2. The zero-order chi connectivity index (χ0) is 18.3. The number of amides is 2. The second kappa shape index (κ2) is 14.1. The number of hydrogen-bond acceptors (Lipinski definition) is 2. The Morgan fingerprint density at radius 1 is 0.840 bits per heavy atom. The second-order valence-electron chi connectivity index (χ2n) is 7.55. The summed E-state index contributed by atoms with van der Waals surface area (Å²) in [7, 11) is 0. The van der Waals surface area contributed by atoms with Gasteiger partial charge in [-0.1, -0.05) is 46.0 Å². The molecule has 2 amide bonds. The van der Waals surface area contributed by atoms with E-state index in [2.05, 4.69) is 19.2 Å². The van der Waals surface area contributed by atoms with Gasteiger partial charge in [0, 0.05) is 32.0 Å². The van der Waals surface area contributed by atoms with E-state index in [4.69, 9.17) is 0 Å². The minimum absolute atomic E-state index is 0.258. The summed E-state index contributed by atoms with van der Waals surface area (Å²) in [5.41, 5.74) is 0.